The minimum absolute atomic E-state index is 0.239. The molecule has 0 radical (unpaired) electrons. The van der Waals surface area contributed by atoms with Crippen molar-refractivity contribution < 1.29 is 4.42 Å². The monoisotopic (exact) mass is 712 g/mol. The van der Waals surface area contributed by atoms with Gasteiger partial charge in [0.05, 0.1) is 0 Å². The Hall–Kier alpha value is -6.96. The molecule has 0 bridgehead atoms. The Morgan fingerprint density at radius 1 is 0.375 bits per heavy atom. The molecule has 0 aliphatic heterocycles. The molecule has 1 heterocycles. The first-order valence-electron chi connectivity index (χ1n) is 19.6. The maximum Gasteiger partial charge on any atom is 0.143 e. The minimum Gasteiger partial charge on any atom is -0.455 e. The number of furan rings is 1. The molecule has 0 unspecified atom stereocenters. The molecule has 1 heteroatoms. The lowest BCUT2D eigenvalue weighted by Crippen LogP contribution is -2.15. The van der Waals surface area contributed by atoms with Crippen LogP contribution in [0.3, 0.4) is 0 Å². The van der Waals surface area contributed by atoms with Gasteiger partial charge in [-0.15, -0.1) is 0 Å². The third kappa shape index (κ3) is 4.31. The Morgan fingerprint density at radius 3 is 1.73 bits per heavy atom. The molecule has 56 heavy (non-hydrogen) atoms. The molecule has 1 nitrogen and oxygen atoms in total. The third-order valence-electron chi connectivity index (χ3n) is 12.6. The van der Waals surface area contributed by atoms with Crippen LogP contribution in [0.4, 0.5) is 0 Å². The van der Waals surface area contributed by atoms with Crippen LogP contribution < -0.4 is 0 Å². The predicted octanol–water partition coefficient (Wildman–Crippen LogP) is 15.5. The second kappa shape index (κ2) is 11.5. The van der Waals surface area contributed by atoms with E-state index in [0.29, 0.717) is 0 Å². The first-order chi connectivity index (χ1) is 27.5. The van der Waals surface area contributed by atoms with Gasteiger partial charge in [0, 0.05) is 21.6 Å². The SMILES string of the molecule is CC1(C)c2ccccc2-c2c(-c3c4ccccc4c(-c4cccc(-c5ccc6ccccc6c5)c4)c4ccccc34)cc3oc4c5ccccc5ccc4c3c21. The molecule has 1 aliphatic rings. The van der Waals surface area contributed by atoms with Crippen LogP contribution in [0, 0.1) is 0 Å². The highest BCUT2D eigenvalue weighted by Gasteiger charge is 2.40. The summed E-state index contributed by atoms with van der Waals surface area (Å²) in [6, 6.07) is 67.0. The molecular weight excluding hydrogens is 677 g/mol. The molecule has 10 aromatic carbocycles. The summed E-state index contributed by atoms with van der Waals surface area (Å²) in [7, 11) is 0. The van der Waals surface area contributed by atoms with Crippen molar-refractivity contribution in [3.05, 3.63) is 193 Å². The zero-order valence-electron chi connectivity index (χ0n) is 31.2. The molecule has 0 spiro atoms. The average molecular weight is 713 g/mol. The summed E-state index contributed by atoms with van der Waals surface area (Å²) < 4.78 is 7.04. The fourth-order valence-corrected chi connectivity index (χ4v) is 10.1. The third-order valence-corrected chi connectivity index (χ3v) is 12.6. The molecule has 0 saturated heterocycles. The van der Waals surface area contributed by atoms with E-state index in [1.807, 2.05) is 0 Å². The Balaban J connectivity index is 1.19. The van der Waals surface area contributed by atoms with Crippen molar-refractivity contribution in [3.63, 3.8) is 0 Å². The van der Waals surface area contributed by atoms with Gasteiger partial charge in [-0.3, -0.25) is 0 Å². The Kier molecular flexibility index (Phi) is 6.46. The lowest BCUT2D eigenvalue weighted by molar-refractivity contribution is 0.658. The molecule has 11 aromatic rings. The van der Waals surface area contributed by atoms with Crippen LogP contribution in [0.1, 0.15) is 25.0 Å². The second-order valence-corrected chi connectivity index (χ2v) is 16.0. The fourth-order valence-electron chi connectivity index (χ4n) is 10.1. The van der Waals surface area contributed by atoms with E-state index < -0.39 is 0 Å². The van der Waals surface area contributed by atoms with Crippen molar-refractivity contribution in [1.29, 1.82) is 0 Å². The highest BCUT2D eigenvalue weighted by atomic mass is 16.3. The van der Waals surface area contributed by atoms with Crippen LogP contribution in [0.25, 0.3) is 110 Å². The smallest absolute Gasteiger partial charge is 0.143 e. The normalized spacial score (nSPS) is 13.3. The summed E-state index contributed by atoms with van der Waals surface area (Å²) in [6.07, 6.45) is 0. The molecule has 0 atom stereocenters. The molecule has 262 valence electrons. The van der Waals surface area contributed by atoms with Crippen LogP contribution in [-0.4, -0.2) is 0 Å². The summed E-state index contributed by atoms with van der Waals surface area (Å²) in [4.78, 5) is 0. The van der Waals surface area contributed by atoms with Crippen LogP contribution in [0.2, 0.25) is 0 Å². The quantitative estimate of drug-likeness (QED) is 0.166. The number of fused-ring (bicyclic) bond motifs is 12. The number of rotatable bonds is 3. The number of hydrogen-bond acceptors (Lipinski definition) is 1. The largest absolute Gasteiger partial charge is 0.455 e. The van der Waals surface area contributed by atoms with Gasteiger partial charge in [0.2, 0.25) is 0 Å². The van der Waals surface area contributed by atoms with E-state index in [9.17, 15) is 0 Å². The van der Waals surface area contributed by atoms with Crippen molar-refractivity contribution in [2.75, 3.05) is 0 Å². The maximum atomic E-state index is 7.04. The zero-order valence-corrected chi connectivity index (χ0v) is 31.2. The maximum absolute atomic E-state index is 7.04. The van der Waals surface area contributed by atoms with E-state index >= 15 is 0 Å². The molecular formula is C55H36O. The topological polar surface area (TPSA) is 13.1 Å². The van der Waals surface area contributed by atoms with Crippen molar-refractivity contribution in [3.8, 4) is 44.5 Å². The van der Waals surface area contributed by atoms with E-state index in [2.05, 4.69) is 196 Å². The van der Waals surface area contributed by atoms with E-state index in [1.165, 1.54) is 104 Å². The molecule has 0 amide bonds. The van der Waals surface area contributed by atoms with Crippen LogP contribution in [0.15, 0.2) is 186 Å². The van der Waals surface area contributed by atoms with E-state index in [-0.39, 0.29) is 5.41 Å². The molecule has 0 fully saturated rings. The Bertz CT molecular complexity index is 3390. The van der Waals surface area contributed by atoms with Crippen LogP contribution in [-0.2, 0) is 5.41 Å². The summed E-state index contributed by atoms with van der Waals surface area (Å²) in [5.74, 6) is 0. The number of benzene rings is 10. The summed E-state index contributed by atoms with van der Waals surface area (Å²) in [5.41, 5.74) is 14.4. The Labute approximate surface area is 325 Å². The standard InChI is InChI=1S/C55H36O/c1-55(2)47-25-12-11-24-44(47)51-46(32-48-52(53(51)55)45-29-28-34-15-5-6-19-39(34)54(45)56-48)50-42-22-9-7-20-40(42)49(41-21-8-10-23-43(41)50)38-18-13-17-36(31-38)37-27-26-33-14-3-4-16-35(33)30-37/h3-32H,1-2H3. The number of hydrogen-bond donors (Lipinski definition) is 0. The average Bonchev–Trinajstić information content (AvgIpc) is 3.74. The lowest BCUT2D eigenvalue weighted by Gasteiger charge is -2.24. The molecule has 0 N–H and O–H groups in total. The second-order valence-electron chi connectivity index (χ2n) is 16.0. The van der Waals surface area contributed by atoms with E-state index in [1.54, 1.807) is 0 Å². The summed E-state index contributed by atoms with van der Waals surface area (Å²) in [6.45, 7) is 4.78. The van der Waals surface area contributed by atoms with E-state index in [4.69, 9.17) is 4.42 Å². The predicted molar refractivity (Wildman–Crippen MR) is 238 cm³/mol. The zero-order chi connectivity index (χ0) is 37.1. The van der Waals surface area contributed by atoms with Crippen molar-refractivity contribution in [2.45, 2.75) is 19.3 Å². The molecule has 1 aliphatic carbocycles. The highest BCUT2D eigenvalue weighted by Crippen LogP contribution is 2.58. The van der Waals surface area contributed by atoms with Crippen LogP contribution in [0.5, 0.6) is 0 Å². The fraction of sp³-hybridized carbons (Fsp3) is 0.0545. The first-order valence-corrected chi connectivity index (χ1v) is 19.6. The van der Waals surface area contributed by atoms with Gasteiger partial charge >= 0.3 is 0 Å². The minimum atomic E-state index is -0.239. The van der Waals surface area contributed by atoms with Gasteiger partial charge in [0.1, 0.15) is 11.2 Å². The van der Waals surface area contributed by atoms with Gasteiger partial charge in [-0.25, -0.2) is 0 Å². The summed E-state index contributed by atoms with van der Waals surface area (Å²) in [5, 5.41) is 12.2. The molecule has 12 rings (SSSR count). The van der Waals surface area contributed by atoms with Crippen molar-refractivity contribution in [2.24, 2.45) is 0 Å². The molecule has 1 aromatic heterocycles. The van der Waals surface area contributed by atoms with Gasteiger partial charge in [-0.2, -0.15) is 0 Å². The van der Waals surface area contributed by atoms with Crippen molar-refractivity contribution in [1.82, 2.24) is 0 Å². The van der Waals surface area contributed by atoms with Gasteiger partial charge in [0.15, 0.2) is 0 Å². The van der Waals surface area contributed by atoms with E-state index in [0.717, 1.165) is 16.6 Å². The molecule has 0 saturated carbocycles. The lowest BCUT2D eigenvalue weighted by atomic mass is 9.78. The van der Waals surface area contributed by atoms with Crippen molar-refractivity contribution >= 4 is 65.0 Å². The van der Waals surface area contributed by atoms with Gasteiger partial charge in [-0.1, -0.05) is 172 Å². The highest BCUT2D eigenvalue weighted by molar-refractivity contribution is 6.25. The Morgan fingerprint density at radius 2 is 0.964 bits per heavy atom. The van der Waals surface area contributed by atoms with Gasteiger partial charge < -0.3 is 4.42 Å². The van der Waals surface area contributed by atoms with Gasteiger partial charge in [0.25, 0.3) is 0 Å². The van der Waals surface area contributed by atoms with Crippen LogP contribution >= 0.6 is 0 Å². The summed E-state index contributed by atoms with van der Waals surface area (Å²) >= 11 is 0. The van der Waals surface area contributed by atoms with Gasteiger partial charge in [-0.05, 0) is 118 Å². The first kappa shape index (κ1) is 31.4.